The van der Waals surface area contributed by atoms with Gasteiger partial charge in [-0.3, -0.25) is 4.31 Å². The van der Waals surface area contributed by atoms with E-state index in [9.17, 15) is 0 Å². The van der Waals surface area contributed by atoms with E-state index in [0.29, 0.717) is 10.7 Å². The standard InChI is InChI=1S/C6H13NS.C2H6/c1-3-8-6-4-5-7(8)2;1-2/h3H,4-6H2,1-2H3;1-2H3. The van der Waals surface area contributed by atoms with Crippen LogP contribution in [0.15, 0.2) is 0 Å². The largest absolute Gasteiger partial charge is 0.259 e. The molecule has 0 N–H and O–H groups in total. The van der Waals surface area contributed by atoms with Crippen molar-refractivity contribution in [3.8, 4) is 0 Å². The van der Waals surface area contributed by atoms with E-state index < -0.39 is 0 Å². The molecule has 0 saturated carbocycles. The normalized spacial score (nSPS) is 26.2. The van der Waals surface area contributed by atoms with E-state index in [0.717, 1.165) is 0 Å². The lowest BCUT2D eigenvalue weighted by Gasteiger charge is -2.08. The molecule has 1 atom stereocenters. The molecule has 0 radical (unpaired) electrons. The fourth-order valence-electron chi connectivity index (χ4n) is 1.01. The van der Waals surface area contributed by atoms with Gasteiger partial charge in [-0.15, -0.1) is 10.7 Å². The summed E-state index contributed by atoms with van der Waals surface area (Å²) < 4.78 is 2.43. The molecule has 0 bridgehead atoms. The van der Waals surface area contributed by atoms with Gasteiger partial charge in [-0.2, -0.15) is 0 Å². The topological polar surface area (TPSA) is 3.24 Å². The van der Waals surface area contributed by atoms with Gasteiger partial charge < -0.3 is 0 Å². The maximum Gasteiger partial charge on any atom is 0.00895 e. The van der Waals surface area contributed by atoms with Gasteiger partial charge in [0.1, 0.15) is 0 Å². The van der Waals surface area contributed by atoms with Crippen LogP contribution >= 0.6 is 10.7 Å². The van der Waals surface area contributed by atoms with Crippen LogP contribution in [0, 0.1) is 0 Å². The van der Waals surface area contributed by atoms with Crippen LogP contribution in [0.1, 0.15) is 27.2 Å². The van der Waals surface area contributed by atoms with Gasteiger partial charge in [-0.25, -0.2) is 0 Å². The quantitative estimate of drug-likeness (QED) is 0.493. The Labute approximate surface area is 67.5 Å². The molecule has 0 aromatic carbocycles. The molecular formula is C8H19NS. The molecule has 2 heteroatoms. The fraction of sp³-hybridized carbons (Fsp3) is 0.875. The van der Waals surface area contributed by atoms with Crippen molar-refractivity contribution in [2.75, 3.05) is 19.3 Å². The molecule has 0 aliphatic carbocycles. The Morgan fingerprint density at radius 2 is 2.00 bits per heavy atom. The Morgan fingerprint density at radius 3 is 2.20 bits per heavy atom. The first kappa shape index (κ1) is 10.2. The van der Waals surface area contributed by atoms with Crippen LogP contribution < -0.4 is 0 Å². The van der Waals surface area contributed by atoms with Gasteiger partial charge in [0.05, 0.1) is 0 Å². The van der Waals surface area contributed by atoms with E-state index >= 15 is 0 Å². The van der Waals surface area contributed by atoms with E-state index in [1.165, 1.54) is 18.7 Å². The second-order valence-electron chi connectivity index (χ2n) is 2.05. The van der Waals surface area contributed by atoms with Crippen LogP contribution in [-0.2, 0) is 0 Å². The molecule has 1 rings (SSSR count). The maximum absolute atomic E-state index is 2.43. The van der Waals surface area contributed by atoms with E-state index in [1.54, 1.807) is 0 Å². The van der Waals surface area contributed by atoms with Crippen molar-refractivity contribution in [3.05, 3.63) is 0 Å². The summed E-state index contributed by atoms with van der Waals surface area (Å²) in [7, 11) is 2.73. The fourth-order valence-corrected chi connectivity index (χ4v) is 2.70. The molecule has 1 nitrogen and oxygen atoms in total. The summed E-state index contributed by atoms with van der Waals surface area (Å²) in [6.07, 6.45) is 1.39. The third-order valence-corrected chi connectivity index (χ3v) is 3.73. The zero-order valence-corrected chi connectivity index (χ0v) is 8.37. The molecule has 0 spiro atoms. The van der Waals surface area contributed by atoms with Gasteiger partial charge in [-0.05, 0) is 20.4 Å². The Morgan fingerprint density at radius 1 is 1.40 bits per heavy atom. The van der Waals surface area contributed by atoms with Crippen LogP contribution in [0.3, 0.4) is 0 Å². The second-order valence-corrected chi connectivity index (χ2v) is 4.35. The lowest BCUT2D eigenvalue weighted by molar-refractivity contribution is 0.596. The summed E-state index contributed by atoms with van der Waals surface area (Å²) >= 11 is 0. The van der Waals surface area contributed by atoms with Crippen molar-refractivity contribution < 1.29 is 0 Å². The van der Waals surface area contributed by atoms with Crippen molar-refractivity contribution >= 4 is 16.0 Å². The summed E-state index contributed by atoms with van der Waals surface area (Å²) in [4.78, 5) is 0. The number of hydrogen-bond donors (Lipinski definition) is 0. The SMILES string of the molecule is C/C=S1/CCCN1C.CC. The molecule has 1 fully saturated rings. The molecule has 62 valence electrons. The summed E-state index contributed by atoms with van der Waals surface area (Å²) in [6, 6.07) is 0. The highest BCUT2D eigenvalue weighted by Crippen LogP contribution is 2.24. The van der Waals surface area contributed by atoms with E-state index in [1.807, 2.05) is 13.8 Å². The Bertz CT molecular complexity index is 110. The summed E-state index contributed by atoms with van der Waals surface area (Å²) in [5, 5.41) is 2.31. The summed E-state index contributed by atoms with van der Waals surface area (Å²) in [5.74, 6) is 1.40. The zero-order chi connectivity index (χ0) is 7.98. The van der Waals surface area contributed by atoms with E-state index in [2.05, 4.69) is 23.6 Å². The first-order chi connectivity index (χ1) is 4.84. The molecule has 10 heavy (non-hydrogen) atoms. The maximum atomic E-state index is 2.43. The van der Waals surface area contributed by atoms with E-state index in [4.69, 9.17) is 0 Å². The molecule has 0 aromatic rings. The molecular weight excluding hydrogens is 142 g/mol. The molecule has 0 amide bonds. The van der Waals surface area contributed by atoms with Gasteiger partial charge in [0.2, 0.25) is 0 Å². The minimum atomic E-state index is 0.529. The minimum Gasteiger partial charge on any atom is -0.259 e. The first-order valence-corrected chi connectivity index (χ1v) is 5.46. The van der Waals surface area contributed by atoms with Gasteiger partial charge in [-0.1, -0.05) is 19.2 Å². The molecule has 1 unspecified atom stereocenters. The molecule has 1 heterocycles. The smallest absolute Gasteiger partial charge is 0.00895 e. The summed E-state index contributed by atoms with van der Waals surface area (Å²) in [6.45, 7) is 7.46. The average molecular weight is 161 g/mol. The third-order valence-electron chi connectivity index (χ3n) is 1.50. The lowest BCUT2D eigenvalue weighted by atomic mass is 10.5. The van der Waals surface area contributed by atoms with Crippen molar-refractivity contribution in [1.29, 1.82) is 0 Å². The van der Waals surface area contributed by atoms with Crippen molar-refractivity contribution in [3.63, 3.8) is 0 Å². The molecule has 1 saturated heterocycles. The van der Waals surface area contributed by atoms with Crippen molar-refractivity contribution in [1.82, 2.24) is 4.31 Å². The van der Waals surface area contributed by atoms with Crippen LogP contribution in [0.2, 0.25) is 0 Å². The number of hydrogen-bond acceptors (Lipinski definition) is 1. The highest BCUT2D eigenvalue weighted by molar-refractivity contribution is 8.13. The summed E-state index contributed by atoms with van der Waals surface area (Å²) in [5.41, 5.74) is 0. The molecule has 0 aromatic heterocycles. The van der Waals surface area contributed by atoms with Gasteiger partial charge >= 0.3 is 0 Å². The van der Waals surface area contributed by atoms with E-state index in [-0.39, 0.29) is 0 Å². The Hall–Kier alpha value is 0.180. The highest BCUT2D eigenvalue weighted by Gasteiger charge is 2.09. The molecule has 1 aliphatic rings. The Balaban J connectivity index is 0.000000371. The van der Waals surface area contributed by atoms with Gasteiger partial charge in [0, 0.05) is 12.3 Å². The highest BCUT2D eigenvalue weighted by atomic mass is 32.2. The number of nitrogens with zero attached hydrogens (tertiary/aromatic N) is 1. The monoisotopic (exact) mass is 161 g/mol. The van der Waals surface area contributed by atoms with Crippen LogP contribution in [0.5, 0.6) is 0 Å². The van der Waals surface area contributed by atoms with Gasteiger partial charge in [0.25, 0.3) is 0 Å². The molecule has 1 aliphatic heterocycles. The van der Waals surface area contributed by atoms with Gasteiger partial charge in [0.15, 0.2) is 0 Å². The predicted octanol–water partition coefficient (Wildman–Crippen LogP) is 2.35. The van der Waals surface area contributed by atoms with Crippen LogP contribution in [0.25, 0.3) is 0 Å². The zero-order valence-electron chi connectivity index (χ0n) is 7.55. The second kappa shape index (κ2) is 5.93. The minimum absolute atomic E-state index is 0.529. The van der Waals surface area contributed by atoms with Crippen LogP contribution in [0.4, 0.5) is 0 Å². The van der Waals surface area contributed by atoms with Crippen molar-refractivity contribution in [2.45, 2.75) is 27.2 Å². The van der Waals surface area contributed by atoms with Crippen molar-refractivity contribution in [2.24, 2.45) is 0 Å². The average Bonchev–Trinajstić information content (AvgIpc) is 2.39. The lowest BCUT2D eigenvalue weighted by Crippen LogP contribution is -2.04. The third kappa shape index (κ3) is 2.84. The van der Waals surface area contributed by atoms with Crippen LogP contribution in [-0.4, -0.2) is 29.0 Å². The Kier molecular flexibility index (Phi) is 6.03. The number of rotatable bonds is 0. The predicted molar refractivity (Wildman–Crippen MR) is 52.8 cm³/mol. The first-order valence-electron chi connectivity index (χ1n) is 4.05.